The molecule has 0 unspecified atom stereocenters. The third kappa shape index (κ3) is 8.22. The fraction of sp³-hybridized carbons (Fsp3) is 0.552. The van der Waals surface area contributed by atoms with Gasteiger partial charge in [-0.15, -0.1) is 0 Å². The van der Waals surface area contributed by atoms with Crippen LogP contribution in [-0.4, -0.2) is 90.3 Å². The van der Waals surface area contributed by atoms with Crippen molar-refractivity contribution < 1.29 is 19.4 Å². The molecule has 36 heavy (non-hydrogen) atoms. The Balaban J connectivity index is 1.32. The van der Waals surface area contributed by atoms with Gasteiger partial charge in [0.05, 0.1) is 13.2 Å². The lowest BCUT2D eigenvalue weighted by Crippen LogP contribution is -2.51. The van der Waals surface area contributed by atoms with Gasteiger partial charge < -0.3 is 24.4 Å². The minimum atomic E-state index is -1.17. The highest BCUT2D eigenvalue weighted by atomic mass is 16.5. The maximum absolute atomic E-state index is 12.2. The average molecular weight is 496 g/mol. The Morgan fingerprint density at radius 3 is 2.44 bits per heavy atom. The zero-order chi connectivity index (χ0) is 25.2. The third-order valence-electron chi connectivity index (χ3n) is 7.03. The van der Waals surface area contributed by atoms with Crippen molar-refractivity contribution in [3.05, 3.63) is 60.2 Å². The summed E-state index contributed by atoms with van der Waals surface area (Å²) in [5.74, 6) is 1.56. The number of carbonyl (C=O) groups is 1. The van der Waals surface area contributed by atoms with Crippen LogP contribution in [0, 0.1) is 0 Å². The van der Waals surface area contributed by atoms with Gasteiger partial charge in [-0.1, -0.05) is 36.8 Å². The number of para-hydroxylation sites is 1. The Bertz CT molecular complexity index is 951. The van der Waals surface area contributed by atoms with Crippen LogP contribution in [0.25, 0.3) is 0 Å². The minimum absolute atomic E-state index is 0.0325. The monoisotopic (exact) mass is 495 g/mol. The van der Waals surface area contributed by atoms with Crippen molar-refractivity contribution in [2.75, 3.05) is 59.0 Å². The molecule has 1 atom stereocenters. The third-order valence-corrected chi connectivity index (χ3v) is 7.03. The minimum Gasteiger partial charge on any atom is -0.494 e. The van der Waals surface area contributed by atoms with Crippen molar-refractivity contribution in [2.24, 2.45) is 0 Å². The van der Waals surface area contributed by atoms with Crippen LogP contribution in [0.2, 0.25) is 0 Å². The molecule has 2 aromatic rings. The molecule has 0 aromatic heterocycles. The fourth-order valence-corrected chi connectivity index (χ4v) is 5.12. The first-order chi connectivity index (χ1) is 17.5. The molecule has 0 bridgehead atoms. The van der Waals surface area contributed by atoms with Crippen LogP contribution < -0.4 is 9.47 Å². The molecule has 2 aliphatic rings. The number of ether oxygens (including phenoxy) is 2. The van der Waals surface area contributed by atoms with Crippen LogP contribution >= 0.6 is 0 Å². The van der Waals surface area contributed by atoms with Crippen LogP contribution in [0.15, 0.2) is 54.6 Å². The second kappa shape index (κ2) is 13.1. The maximum atomic E-state index is 12.2. The van der Waals surface area contributed by atoms with Gasteiger partial charge in [0.15, 0.2) is 0 Å². The number of hydrogen-bond donors (Lipinski definition) is 1. The van der Waals surface area contributed by atoms with Crippen molar-refractivity contribution in [3.63, 3.8) is 0 Å². The molecule has 0 spiro atoms. The molecule has 1 amide bonds. The van der Waals surface area contributed by atoms with Gasteiger partial charge in [0.25, 0.3) is 0 Å². The molecule has 2 heterocycles. The smallest absolute Gasteiger partial charge is 0.219 e. The van der Waals surface area contributed by atoms with Crippen LogP contribution in [0.3, 0.4) is 0 Å². The summed E-state index contributed by atoms with van der Waals surface area (Å²) in [6, 6.07) is 17.7. The predicted octanol–water partition coefficient (Wildman–Crippen LogP) is 3.42. The highest BCUT2D eigenvalue weighted by Crippen LogP contribution is 2.21. The average Bonchev–Trinajstić information content (AvgIpc) is 3.06. The van der Waals surface area contributed by atoms with E-state index in [1.54, 1.807) is 11.8 Å². The lowest BCUT2D eigenvalue weighted by Gasteiger charge is -2.32. The lowest BCUT2D eigenvalue weighted by atomic mass is 10.0. The summed E-state index contributed by atoms with van der Waals surface area (Å²) in [5, 5.41) is 11.5. The number of carbonyl (C=O) groups excluding carboxylic acids is 1. The number of piperidine rings is 1. The molecular weight excluding hydrogens is 454 g/mol. The first kappa shape index (κ1) is 26.5. The van der Waals surface area contributed by atoms with E-state index in [2.05, 4.69) is 21.9 Å². The van der Waals surface area contributed by atoms with Gasteiger partial charge in [-0.05, 0) is 62.2 Å². The first-order valence-electron chi connectivity index (χ1n) is 13.3. The number of rotatable bonds is 10. The zero-order valence-corrected chi connectivity index (χ0v) is 21.6. The van der Waals surface area contributed by atoms with Crippen molar-refractivity contribution in [3.8, 4) is 11.5 Å². The van der Waals surface area contributed by atoms with E-state index in [1.165, 1.54) is 32.4 Å². The molecule has 2 aromatic carbocycles. The van der Waals surface area contributed by atoms with Crippen LogP contribution in [0.5, 0.6) is 11.5 Å². The van der Waals surface area contributed by atoms with Crippen molar-refractivity contribution >= 4 is 5.91 Å². The van der Waals surface area contributed by atoms with Gasteiger partial charge in [0.1, 0.15) is 23.7 Å². The zero-order valence-electron chi connectivity index (χ0n) is 21.6. The Morgan fingerprint density at radius 1 is 0.889 bits per heavy atom. The summed E-state index contributed by atoms with van der Waals surface area (Å²) in [4.78, 5) is 18.6. The molecule has 196 valence electrons. The molecule has 4 rings (SSSR count). The molecule has 7 nitrogen and oxygen atoms in total. The number of β-amino-alcohol motifs (C(OH)–C–C–N with tert-alkyl or cyclic N) is 1. The summed E-state index contributed by atoms with van der Waals surface area (Å²) in [6.45, 7) is 8.55. The Morgan fingerprint density at radius 2 is 1.67 bits per heavy atom. The van der Waals surface area contributed by atoms with Gasteiger partial charge in [0, 0.05) is 39.6 Å². The number of amides is 1. The second-order valence-corrected chi connectivity index (χ2v) is 10.2. The van der Waals surface area contributed by atoms with E-state index in [0.29, 0.717) is 38.5 Å². The summed E-state index contributed by atoms with van der Waals surface area (Å²) in [5.41, 5.74) is -0.0354. The molecular formula is C29H41N3O4. The van der Waals surface area contributed by atoms with Crippen molar-refractivity contribution in [1.82, 2.24) is 14.7 Å². The number of likely N-dealkylation sites (tertiary alicyclic amines) is 1. The Kier molecular flexibility index (Phi) is 9.61. The number of benzene rings is 2. The molecule has 2 fully saturated rings. The predicted molar refractivity (Wildman–Crippen MR) is 141 cm³/mol. The van der Waals surface area contributed by atoms with E-state index in [4.69, 9.17) is 9.47 Å². The molecule has 1 N–H and O–H groups in total. The number of nitrogens with zero attached hydrogens (tertiary/aromatic N) is 3. The maximum Gasteiger partial charge on any atom is 0.219 e. The molecule has 7 heteroatoms. The summed E-state index contributed by atoms with van der Waals surface area (Å²) >= 11 is 0. The van der Waals surface area contributed by atoms with E-state index in [0.717, 1.165) is 24.3 Å². The van der Waals surface area contributed by atoms with Crippen molar-refractivity contribution in [2.45, 2.75) is 44.8 Å². The second-order valence-electron chi connectivity index (χ2n) is 10.2. The highest BCUT2D eigenvalue weighted by molar-refractivity contribution is 5.73. The van der Waals surface area contributed by atoms with Crippen LogP contribution in [0.1, 0.15) is 38.2 Å². The molecule has 0 radical (unpaired) electrons. The summed E-state index contributed by atoms with van der Waals surface area (Å²) in [7, 11) is 0. The topological polar surface area (TPSA) is 65.5 Å². The quantitative estimate of drug-likeness (QED) is 0.510. The Labute approximate surface area is 215 Å². The molecule has 0 aliphatic carbocycles. The molecule has 2 saturated heterocycles. The molecule has 2 aliphatic heterocycles. The van der Waals surface area contributed by atoms with Crippen LogP contribution in [0.4, 0.5) is 0 Å². The van der Waals surface area contributed by atoms with Crippen LogP contribution in [-0.2, 0) is 11.3 Å². The van der Waals surface area contributed by atoms with Gasteiger partial charge in [-0.2, -0.15) is 0 Å². The standard InChI is InChI=1S/C29H41N3O4/c1-25(33)32-18-17-31(22-29(34,23-32)24-36-27-11-4-2-5-12-27)21-26-10-8-13-28(20-26)35-19-9-16-30-14-6-3-7-15-30/h2,4-5,8,10-13,20,34H,3,6-7,9,14-19,21-24H2,1H3/t29-/m1/s1. The van der Waals surface area contributed by atoms with Gasteiger partial charge in [0.2, 0.25) is 5.91 Å². The highest BCUT2D eigenvalue weighted by Gasteiger charge is 2.36. The van der Waals surface area contributed by atoms with Crippen molar-refractivity contribution in [1.29, 1.82) is 0 Å². The van der Waals surface area contributed by atoms with E-state index >= 15 is 0 Å². The fourth-order valence-electron chi connectivity index (χ4n) is 5.12. The van der Waals surface area contributed by atoms with E-state index in [1.807, 2.05) is 42.5 Å². The number of hydrogen-bond acceptors (Lipinski definition) is 6. The first-order valence-corrected chi connectivity index (χ1v) is 13.3. The lowest BCUT2D eigenvalue weighted by molar-refractivity contribution is -0.132. The largest absolute Gasteiger partial charge is 0.494 e. The van der Waals surface area contributed by atoms with E-state index < -0.39 is 5.60 Å². The summed E-state index contributed by atoms with van der Waals surface area (Å²) in [6.07, 6.45) is 5.03. The van der Waals surface area contributed by atoms with Gasteiger partial charge in [-0.3, -0.25) is 9.69 Å². The summed E-state index contributed by atoms with van der Waals surface area (Å²) < 4.78 is 12.0. The SMILES string of the molecule is CC(=O)N1CCN(Cc2cccc(OCCCN3CCCCC3)c2)C[C@](O)(COc2ccccc2)C1. The van der Waals surface area contributed by atoms with E-state index in [-0.39, 0.29) is 19.1 Å². The van der Waals surface area contributed by atoms with Gasteiger partial charge in [-0.25, -0.2) is 0 Å². The Hall–Kier alpha value is -2.61. The van der Waals surface area contributed by atoms with E-state index in [9.17, 15) is 9.90 Å². The number of aliphatic hydroxyl groups is 1. The molecule has 0 saturated carbocycles. The van der Waals surface area contributed by atoms with Gasteiger partial charge >= 0.3 is 0 Å². The normalized spacial score (nSPS) is 21.7.